The minimum absolute atomic E-state index is 0.175. The first-order chi connectivity index (χ1) is 14.1. The molecule has 0 aromatic heterocycles. The van der Waals surface area contributed by atoms with Crippen LogP contribution >= 0.6 is 11.6 Å². The minimum Gasteiger partial charge on any atom is -0.378 e. The maximum Gasteiger partial charge on any atom is 0.255 e. The van der Waals surface area contributed by atoms with Gasteiger partial charge in [0.1, 0.15) is 0 Å². The highest BCUT2D eigenvalue weighted by atomic mass is 35.5. The van der Waals surface area contributed by atoms with Crippen molar-refractivity contribution >= 4 is 34.8 Å². The van der Waals surface area contributed by atoms with Crippen LogP contribution in [-0.2, 0) is 16.1 Å². The van der Waals surface area contributed by atoms with Gasteiger partial charge in [0.25, 0.3) is 5.91 Å². The second kappa shape index (κ2) is 8.84. The van der Waals surface area contributed by atoms with Crippen molar-refractivity contribution in [2.45, 2.75) is 19.4 Å². The number of morpholine rings is 1. The first-order valence-electron chi connectivity index (χ1n) is 9.90. The fourth-order valence-electron chi connectivity index (χ4n) is 3.79. The summed E-state index contributed by atoms with van der Waals surface area (Å²) in [5.41, 5.74) is 3.13. The largest absolute Gasteiger partial charge is 0.378 e. The summed E-state index contributed by atoms with van der Waals surface area (Å²) in [6, 6.07) is 13.0. The highest BCUT2D eigenvalue weighted by Gasteiger charge is 2.21. The lowest BCUT2D eigenvalue weighted by Crippen LogP contribution is -2.36. The lowest BCUT2D eigenvalue weighted by Gasteiger charge is -2.30. The molecule has 0 aliphatic carbocycles. The van der Waals surface area contributed by atoms with Gasteiger partial charge in [-0.15, -0.1) is 0 Å². The molecular weight excluding hydrogens is 390 g/mol. The zero-order chi connectivity index (χ0) is 20.2. The van der Waals surface area contributed by atoms with E-state index >= 15 is 0 Å². The van der Waals surface area contributed by atoms with E-state index in [1.807, 2.05) is 35.2 Å². The molecule has 0 unspecified atom stereocenters. The van der Waals surface area contributed by atoms with E-state index in [4.69, 9.17) is 16.3 Å². The molecule has 0 atom stereocenters. The van der Waals surface area contributed by atoms with Crippen LogP contribution in [-0.4, -0.2) is 49.6 Å². The van der Waals surface area contributed by atoms with Crippen LogP contribution in [0.15, 0.2) is 42.5 Å². The van der Waals surface area contributed by atoms with E-state index in [1.54, 1.807) is 12.1 Å². The van der Waals surface area contributed by atoms with Gasteiger partial charge in [-0.1, -0.05) is 23.7 Å². The fraction of sp³-hybridized carbons (Fsp3) is 0.364. The minimum atomic E-state index is -0.198. The number of carbonyl (C=O) groups is 2. The molecule has 0 saturated carbocycles. The Labute approximate surface area is 175 Å². The maximum atomic E-state index is 12.9. The van der Waals surface area contributed by atoms with Crippen molar-refractivity contribution in [3.63, 3.8) is 0 Å². The van der Waals surface area contributed by atoms with Gasteiger partial charge < -0.3 is 19.9 Å². The molecule has 29 heavy (non-hydrogen) atoms. The number of hydrogen-bond acceptors (Lipinski definition) is 4. The van der Waals surface area contributed by atoms with Gasteiger partial charge in [-0.25, -0.2) is 0 Å². The Kier molecular flexibility index (Phi) is 6.02. The Balaban J connectivity index is 1.51. The van der Waals surface area contributed by atoms with Gasteiger partial charge in [-0.2, -0.15) is 0 Å². The first kappa shape index (κ1) is 19.7. The van der Waals surface area contributed by atoms with Crippen molar-refractivity contribution in [3.05, 3.63) is 58.6 Å². The average Bonchev–Trinajstić information content (AvgIpc) is 3.13. The molecule has 6 nitrogen and oxygen atoms in total. The van der Waals surface area contributed by atoms with E-state index in [9.17, 15) is 9.59 Å². The van der Waals surface area contributed by atoms with Gasteiger partial charge in [0.15, 0.2) is 0 Å². The molecular formula is C22H24ClN3O3. The molecule has 0 radical (unpaired) electrons. The van der Waals surface area contributed by atoms with Crippen LogP contribution < -0.4 is 10.2 Å². The topological polar surface area (TPSA) is 61.9 Å². The van der Waals surface area contributed by atoms with E-state index in [0.717, 1.165) is 37.3 Å². The molecule has 2 heterocycles. The highest BCUT2D eigenvalue weighted by molar-refractivity contribution is 6.31. The van der Waals surface area contributed by atoms with E-state index < -0.39 is 0 Å². The van der Waals surface area contributed by atoms with E-state index in [0.29, 0.717) is 42.5 Å². The van der Waals surface area contributed by atoms with Crippen LogP contribution in [0.1, 0.15) is 28.8 Å². The molecule has 2 aliphatic heterocycles. The predicted molar refractivity (Wildman–Crippen MR) is 114 cm³/mol. The number of likely N-dealkylation sites (tertiary alicyclic amines) is 1. The highest BCUT2D eigenvalue weighted by Crippen LogP contribution is 2.30. The van der Waals surface area contributed by atoms with E-state index in [1.165, 1.54) is 0 Å². The van der Waals surface area contributed by atoms with Gasteiger partial charge in [-0.05, 0) is 42.3 Å². The van der Waals surface area contributed by atoms with Crippen LogP contribution in [0.2, 0.25) is 5.02 Å². The molecule has 0 bridgehead atoms. The Bertz CT molecular complexity index is 912. The smallest absolute Gasteiger partial charge is 0.255 e. The molecule has 2 aliphatic rings. The van der Waals surface area contributed by atoms with Crippen molar-refractivity contribution in [2.24, 2.45) is 0 Å². The van der Waals surface area contributed by atoms with Crippen LogP contribution in [0.25, 0.3) is 0 Å². The van der Waals surface area contributed by atoms with Gasteiger partial charge in [0.2, 0.25) is 5.91 Å². The summed E-state index contributed by atoms with van der Waals surface area (Å²) in [6.07, 6.45) is 1.51. The van der Waals surface area contributed by atoms with Gasteiger partial charge in [-0.3, -0.25) is 9.59 Å². The number of carbonyl (C=O) groups excluding carboxylic acids is 2. The number of amides is 2. The number of ether oxygens (including phenoxy) is 1. The van der Waals surface area contributed by atoms with Crippen molar-refractivity contribution in [1.82, 2.24) is 4.90 Å². The van der Waals surface area contributed by atoms with Crippen molar-refractivity contribution in [1.29, 1.82) is 0 Å². The number of nitrogens with zero attached hydrogens (tertiary/aromatic N) is 2. The van der Waals surface area contributed by atoms with Crippen molar-refractivity contribution < 1.29 is 14.3 Å². The average molecular weight is 414 g/mol. The first-order valence-corrected chi connectivity index (χ1v) is 10.3. The second-order valence-electron chi connectivity index (χ2n) is 7.33. The number of rotatable bonds is 5. The molecule has 2 aromatic rings. The second-order valence-corrected chi connectivity index (χ2v) is 7.77. The summed E-state index contributed by atoms with van der Waals surface area (Å²) < 4.78 is 5.43. The van der Waals surface area contributed by atoms with Gasteiger partial charge >= 0.3 is 0 Å². The van der Waals surface area contributed by atoms with Crippen molar-refractivity contribution in [2.75, 3.05) is 43.1 Å². The lowest BCUT2D eigenvalue weighted by atomic mass is 10.1. The number of benzene rings is 2. The summed E-state index contributed by atoms with van der Waals surface area (Å²) in [7, 11) is 0. The molecule has 0 spiro atoms. The summed E-state index contributed by atoms with van der Waals surface area (Å²) in [5.74, 6) is -0.0229. The predicted octanol–water partition coefficient (Wildman–Crippen LogP) is 3.55. The molecule has 4 rings (SSSR count). The zero-order valence-corrected chi connectivity index (χ0v) is 17.0. The molecule has 2 aromatic carbocycles. The van der Waals surface area contributed by atoms with E-state index in [2.05, 4.69) is 10.2 Å². The standard InChI is InChI=1S/C22H24ClN3O3/c23-18-6-7-20(25-9-11-29-12-10-25)19(14-18)24-22(28)17-4-1-3-16(13-17)15-26-8-2-5-21(26)27/h1,3-4,6-7,13-14H,2,5,8-12,15H2,(H,24,28). The molecule has 1 N–H and O–H groups in total. The monoisotopic (exact) mass is 413 g/mol. The number of anilines is 2. The van der Waals surface area contributed by atoms with Crippen LogP contribution in [0.5, 0.6) is 0 Å². The van der Waals surface area contributed by atoms with Gasteiger partial charge in [0, 0.05) is 43.2 Å². The maximum absolute atomic E-state index is 12.9. The summed E-state index contributed by atoms with van der Waals surface area (Å²) in [4.78, 5) is 28.8. The third-order valence-electron chi connectivity index (χ3n) is 5.29. The fourth-order valence-corrected chi connectivity index (χ4v) is 3.96. The summed E-state index contributed by atoms with van der Waals surface area (Å²) in [5, 5.41) is 3.58. The number of halogens is 1. The van der Waals surface area contributed by atoms with E-state index in [-0.39, 0.29) is 11.8 Å². The van der Waals surface area contributed by atoms with Crippen LogP contribution in [0.4, 0.5) is 11.4 Å². The normalized spacial score (nSPS) is 16.9. The Morgan fingerprint density at radius 3 is 2.69 bits per heavy atom. The number of hydrogen-bond donors (Lipinski definition) is 1. The molecule has 7 heteroatoms. The van der Waals surface area contributed by atoms with Gasteiger partial charge in [0.05, 0.1) is 24.6 Å². The SMILES string of the molecule is O=C(Nc1cc(Cl)ccc1N1CCOCC1)c1cccc(CN2CCCC2=O)c1. The Morgan fingerprint density at radius 1 is 1.10 bits per heavy atom. The van der Waals surface area contributed by atoms with Crippen LogP contribution in [0.3, 0.4) is 0 Å². The van der Waals surface area contributed by atoms with Crippen molar-refractivity contribution in [3.8, 4) is 0 Å². The molecule has 2 amide bonds. The third-order valence-corrected chi connectivity index (χ3v) is 5.53. The quantitative estimate of drug-likeness (QED) is 0.814. The Morgan fingerprint density at radius 2 is 1.93 bits per heavy atom. The lowest BCUT2D eigenvalue weighted by molar-refractivity contribution is -0.128. The molecule has 2 saturated heterocycles. The molecule has 152 valence electrons. The molecule has 2 fully saturated rings. The summed E-state index contributed by atoms with van der Waals surface area (Å²) in [6.45, 7) is 4.17. The Hall–Kier alpha value is -2.57. The zero-order valence-electron chi connectivity index (χ0n) is 16.2. The number of nitrogens with one attached hydrogen (secondary N) is 1. The summed E-state index contributed by atoms with van der Waals surface area (Å²) >= 11 is 6.19. The third kappa shape index (κ3) is 4.71. The van der Waals surface area contributed by atoms with Crippen LogP contribution in [0, 0.1) is 0 Å².